The minimum Gasteiger partial charge on any atom is -0.431 e. The number of ether oxygens (including phenoxy) is 1. The molecule has 0 saturated heterocycles. The van der Waals surface area contributed by atoms with Crippen LogP contribution in [0.2, 0.25) is 0 Å². The number of ketones is 1. The first kappa shape index (κ1) is 8.97. The van der Waals surface area contributed by atoms with Crippen molar-refractivity contribution in [2.45, 2.75) is 26.7 Å². The predicted octanol–water partition coefficient (Wildman–Crippen LogP) is 1.43. The fourth-order valence-corrected chi connectivity index (χ4v) is 1.14. The molecule has 1 atom stereocenters. The highest BCUT2D eigenvalue weighted by Crippen LogP contribution is 2.20. The number of allylic oxidation sites excluding steroid dienone is 2. The van der Waals surface area contributed by atoms with E-state index < -0.39 is 0 Å². The fraction of sp³-hybridized carbons (Fsp3) is 0.556. The van der Waals surface area contributed by atoms with Gasteiger partial charge in [0.1, 0.15) is 5.76 Å². The third kappa shape index (κ3) is 2.19. The molecule has 1 rings (SSSR count). The summed E-state index contributed by atoms with van der Waals surface area (Å²) < 4.78 is 4.81. The van der Waals surface area contributed by atoms with Crippen molar-refractivity contribution in [3.8, 4) is 0 Å². The zero-order valence-corrected chi connectivity index (χ0v) is 7.29. The van der Waals surface area contributed by atoms with Crippen LogP contribution in [0.25, 0.3) is 0 Å². The molecule has 3 nitrogen and oxygen atoms in total. The van der Waals surface area contributed by atoms with E-state index in [1.165, 1.54) is 13.0 Å². The fourth-order valence-electron chi connectivity index (χ4n) is 1.14. The standard InChI is InChI=1S/C9H12O3/c1-6-3-4-8(5-9(6)11)12-7(2)10/h5-6H,3-4H2,1-2H3/t6-/m0/s1. The van der Waals surface area contributed by atoms with Crippen LogP contribution < -0.4 is 0 Å². The minimum atomic E-state index is -0.358. The number of carbonyl (C=O) groups is 2. The molecule has 0 aromatic rings. The summed E-state index contributed by atoms with van der Waals surface area (Å²) in [6.07, 6.45) is 2.89. The Morgan fingerprint density at radius 2 is 2.33 bits per heavy atom. The average molecular weight is 168 g/mol. The molecule has 1 aliphatic rings. The highest BCUT2D eigenvalue weighted by molar-refractivity contribution is 5.93. The van der Waals surface area contributed by atoms with Gasteiger partial charge in [0, 0.05) is 25.3 Å². The van der Waals surface area contributed by atoms with E-state index in [1.807, 2.05) is 6.92 Å². The molecule has 0 N–H and O–H groups in total. The summed E-state index contributed by atoms with van der Waals surface area (Å²) in [6.45, 7) is 3.22. The molecular weight excluding hydrogens is 156 g/mol. The Kier molecular flexibility index (Phi) is 2.63. The van der Waals surface area contributed by atoms with E-state index in [2.05, 4.69) is 0 Å². The predicted molar refractivity (Wildman–Crippen MR) is 43.3 cm³/mol. The van der Waals surface area contributed by atoms with E-state index in [4.69, 9.17) is 4.74 Å². The number of hydrogen-bond acceptors (Lipinski definition) is 3. The first-order valence-corrected chi connectivity index (χ1v) is 4.02. The van der Waals surface area contributed by atoms with Gasteiger partial charge in [0.15, 0.2) is 5.78 Å². The molecule has 0 amide bonds. The lowest BCUT2D eigenvalue weighted by molar-refractivity contribution is -0.137. The first-order valence-electron chi connectivity index (χ1n) is 4.02. The Labute approximate surface area is 71.4 Å². The quantitative estimate of drug-likeness (QED) is 0.556. The van der Waals surface area contributed by atoms with Crippen LogP contribution in [0.1, 0.15) is 26.7 Å². The van der Waals surface area contributed by atoms with Crippen LogP contribution in [-0.2, 0) is 14.3 Å². The second kappa shape index (κ2) is 3.52. The maximum atomic E-state index is 11.1. The van der Waals surface area contributed by atoms with E-state index in [0.29, 0.717) is 12.2 Å². The Bertz CT molecular complexity index is 240. The van der Waals surface area contributed by atoms with Gasteiger partial charge in [-0.15, -0.1) is 0 Å². The van der Waals surface area contributed by atoms with Crippen molar-refractivity contribution in [3.05, 3.63) is 11.8 Å². The highest BCUT2D eigenvalue weighted by atomic mass is 16.5. The molecule has 0 unspecified atom stereocenters. The van der Waals surface area contributed by atoms with Crippen molar-refractivity contribution < 1.29 is 14.3 Å². The largest absolute Gasteiger partial charge is 0.431 e. The van der Waals surface area contributed by atoms with Crippen LogP contribution >= 0.6 is 0 Å². The van der Waals surface area contributed by atoms with Crippen LogP contribution in [0.4, 0.5) is 0 Å². The molecule has 66 valence electrons. The summed E-state index contributed by atoms with van der Waals surface area (Å²) in [5, 5.41) is 0. The molecule has 0 aliphatic heterocycles. The van der Waals surface area contributed by atoms with Crippen LogP contribution in [0.3, 0.4) is 0 Å². The van der Waals surface area contributed by atoms with Crippen LogP contribution in [0.15, 0.2) is 11.8 Å². The summed E-state index contributed by atoms with van der Waals surface area (Å²) in [4.78, 5) is 21.6. The minimum absolute atomic E-state index is 0.0532. The van der Waals surface area contributed by atoms with Gasteiger partial charge in [0.05, 0.1) is 0 Å². The molecule has 12 heavy (non-hydrogen) atoms. The Hall–Kier alpha value is -1.12. The van der Waals surface area contributed by atoms with Gasteiger partial charge in [-0.05, 0) is 6.42 Å². The zero-order valence-electron chi connectivity index (χ0n) is 7.29. The van der Waals surface area contributed by atoms with Crippen molar-refractivity contribution in [1.29, 1.82) is 0 Å². The topological polar surface area (TPSA) is 43.4 Å². The Balaban J connectivity index is 2.62. The second-order valence-electron chi connectivity index (χ2n) is 3.05. The maximum Gasteiger partial charge on any atom is 0.307 e. The summed E-state index contributed by atoms with van der Waals surface area (Å²) in [5.41, 5.74) is 0. The number of carbonyl (C=O) groups excluding carboxylic acids is 2. The normalized spacial score (nSPS) is 23.3. The summed E-state index contributed by atoms with van der Waals surface area (Å²) >= 11 is 0. The third-order valence-corrected chi connectivity index (χ3v) is 1.89. The van der Waals surface area contributed by atoms with Gasteiger partial charge in [-0.2, -0.15) is 0 Å². The molecule has 0 bridgehead atoms. The smallest absolute Gasteiger partial charge is 0.307 e. The van der Waals surface area contributed by atoms with Gasteiger partial charge < -0.3 is 4.74 Å². The van der Waals surface area contributed by atoms with Crippen molar-refractivity contribution in [2.24, 2.45) is 5.92 Å². The van der Waals surface area contributed by atoms with Crippen molar-refractivity contribution in [2.75, 3.05) is 0 Å². The average Bonchev–Trinajstić information content (AvgIpc) is 1.96. The molecule has 3 heteroatoms. The Morgan fingerprint density at radius 1 is 1.67 bits per heavy atom. The number of rotatable bonds is 1. The van der Waals surface area contributed by atoms with Crippen molar-refractivity contribution >= 4 is 11.8 Å². The summed E-state index contributed by atoms with van der Waals surface area (Å²) in [5.74, 6) is 0.274. The Morgan fingerprint density at radius 3 is 2.83 bits per heavy atom. The summed E-state index contributed by atoms with van der Waals surface area (Å²) in [6, 6.07) is 0. The lowest BCUT2D eigenvalue weighted by Crippen LogP contribution is -2.16. The molecule has 0 fully saturated rings. The van der Waals surface area contributed by atoms with Gasteiger partial charge in [-0.1, -0.05) is 6.92 Å². The first-order chi connectivity index (χ1) is 5.59. The van der Waals surface area contributed by atoms with E-state index in [0.717, 1.165) is 6.42 Å². The molecule has 0 spiro atoms. The molecule has 0 saturated carbocycles. The van der Waals surface area contributed by atoms with Crippen LogP contribution in [0, 0.1) is 5.92 Å². The molecule has 0 aromatic heterocycles. The van der Waals surface area contributed by atoms with Gasteiger partial charge in [0.2, 0.25) is 0 Å². The summed E-state index contributed by atoms with van der Waals surface area (Å²) in [7, 11) is 0. The third-order valence-electron chi connectivity index (χ3n) is 1.89. The second-order valence-corrected chi connectivity index (χ2v) is 3.05. The molecule has 0 heterocycles. The molecule has 0 radical (unpaired) electrons. The van der Waals surface area contributed by atoms with E-state index >= 15 is 0 Å². The van der Waals surface area contributed by atoms with E-state index in [1.54, 1.807) is 0 Å². The van der Waals surface area contributed by atoms with Gasteiger partial charge >= 0.3 is 5.97 Å². The highest BCUT2D eigenvalue weighted by Gasteiger charge is 2.19. The van der Waals surface area contributed by atoms with Gasteiger partial charge in [0.25, 0.3) is 0 Å². The molecular formula is C9H12O3. The lowest BCUT2D eigenvalue weighted by atomic mass is 9.94. The monoisotopic (exact) mass is 168 g/mol. The number of esters is 1. The SMILES string of the molecule is CC(=O)OC1=CC(=O)[C@@H](C)CC1. The lowest BCUT2D eigenvalue weighted by Gasteiger charge is -2.15. The molecule has 0 aromatic carbocycles. The van der Waals surface area contributed by atoms with Crippen LogP contribution in [0.5, 0.6) is 0 Å². The molecule has 1 aliphatic carbocycles. The van der Waals surface area contributed by atoms with Crippen molar-refractivity contribution in [3.63, 3.8) is 0 Å². The van der Waals surface area contributed by atoms with Gasteiger partial charge in [-0.3, -0.25) is 9.59 Å². The van der Waals surface area contributed by atoms with E-state index in [9.17, 15) is 9.59 Å². The van der Waals surface area contributed by atoms with Crippen LogP contribution in [-0.4, -0.2) is 11.8 Å². The van der Waals surface area contributed by atoms with Crippen molar-refractivity contribution in [1.82, 2.24) is 0 Å². The number of hydrogen-bond donors (Lipinski definition) is 0. The van der Waals surface area contributed by atoms with Gasteiger partial charge in [-0.25, -0.2) is 0 Å². The zero-order chi connectivity index (χ0) is 9.14. The maximum absolute atomic E-state index is 11.1. The van der Waals surface area contributed by atoms with E-state index in [-0.39, 0.29) is 17.7 Å².